The van der Waals surface area contributed by atoms with E-state index in [1.54, 1.807) is 0 Å². The van der Waals surface area contributed by atoms with Gasteiger partial charge in [0.15, 0.2) is 0 Å². The third-order valence-electron chi connectivity index (χ3n) is 3.01. The molecule has 0 bridgehead atoms. The molecular formula is C12H14O2. The lowest BCUT2D eigenvalue weighted by Gasteiger charge is -2.10. The molecule has 0 aromatic heterocycles. The van der Waals surface area contributed by atoms with Crippen molar-refractivity contribution < 1.29 is 9.90 Å². The first kappa shape index (κ1) is 9.25. The number of fused-ring (bicyclic) bond motifs is 1. The van der Waals surface area contributed by atoms with Gasteiger partial charge in [0.1, 0.15) is 0 Å². The molecule has 1 aliphatic carbocycles. The summed E-state index contributed by atoms with van der Waals surface area (Å²) in [5.41, 5.74) is 3.37. The van der Waals surface area contributed by atoms with Crippen molar-refractivity contribution >= 4 is 5.97 Å². The highest BCUT2D eigenvalue weighted by Crippen LogP contribution is 2.38. The van der Waals surface area contributed by atoms with Crippen LogP contribution in [0.2, 0.25) is 0 Å². The van der Waals surface area contributed by atoms with Crippen LogP contribution in [0.4, 0.5) is 0 Å². The Hall–Kier alpha value is -1.31. The van der Waals surface area contributed by atoms with Crippen LogP contribution in [0.1, 0.15) is 29.5 Å². The summed E-state index contributed by atoms with van der Waals surface area (Å²) in [5, 5.41) is 9.12. The van der Waals surface area contributed by atoms with Crippen LogP contribution >= 0.6 is 0 Å². The zero-order valence-electron chi connectivity index (χ0n) is 8.45. The Kier molecular flexibility index (Phi) is 2.06. The zero-order chi connectivity index (χ0) is 10.3. The summed E-state index contributed by atoms with van der Waals surface area (Å²) in [6.45, 7) is 4.01. The van der Waals surface area contributed by atoms with Gasteiger partial charge in [0, 0.05) is 0 Å². The van der Waals surface area contributed by atoms with Crippen molar-refractivity contribution in [3.63, 3.8) is 0 Å². The van der Waals surface area contributed by atoms with E-state index in [1.165, 1.54) is 5.56 Å². The predicted molar refractivity (Wildman–Crippen MR) is 54.4 cm³/mol. The molecule has 2 nitrogen and oxygen atoms in total. The van der Waals surface area contributed by atoms with Gasteiger partial charge in [-0.05, 0) is 30.4 Å². The third kappa shape index (κ3) is 1.31. The second-order valence-corrected chi connectivity index (χ2v) is 4.20. The van der Waals surface area contributed by atoms with E-state index in [2.05, 4.69) is 12.1 Å². The van der Waals surface area contributed by atoms with Crippen LogP contribution in [0.3, 0.4) is 0 Å². The predicted octanol–water partition coefficient (Wildman–Crippen LogP) is 2.36. The second kappa shape index (κ2) is 3.12. The Bertz CT molecular complexity index is 382. The molecule has 0 radical (unpaired) electrons. The standard InChI is InChI=1S/C12H14O2/c1-7-3-4-9-6-8(2)11(12(13)14)10(9)5-7/h3-5,8,11H,6H2,1-2H3,(H,13,14). The van der Waals surface area contributed by atoms with Gasteiger partial charge >= 0.3 is 5.97 Å². The summed E-state index contributed by atoms with van der Waals surface area (Å²) in [6.07, 6.45) is 0.895. The third-order valence-corrected chi connectivity index (χ3v) is 3.01. The van der Waals surface area contributed by atoms with Crippen LogP contribution in [-0.4, -0.2) is 11.1 Å². The number of rotatable bonds is 1. The number of hydrogen-bond donors (Lipinski definition) is 1. The van der Waals surface area contributed by atoms with E-state index in [0.717, 1.165) is 17.5 Å². The smallest absolute Gasteiger partial charge is 0.311 e. The number of carboxylic acid groups (broad SMARTS) is 1. The fraction of sp³-hybridized carbons (Fsp3) is 0.417. The van der Waals surface area contributed by atoms with E-state index in [4.69, 9.17) is 5.11 Å². The highest BCUT2D eigenvalue weighted by molar-refractivity contribution is 5.78. The fourth-order valence-electron chi connectivity index (χ4n) is 2.34. The van der Waals surface area contributed by atoms with Crippen LogP contribution in [-0.2, 0) is 11.2 Å². The van der Waals surface area contributed by atoms with Crippen LogP contribution in [0.5, 0.6) is 0 Å². The summed E-state index contributed by atoms with van der Waals surface area (Å²) in [5.74, 6) is -0.768. The minimum absolute atomic E-state index is 0.226. The molecule has 2 unspecified atom stereocenters. The van der Waals surface area contributed by atoms with Crippen molar-refractivity contribution in [3.8, 4) is 0 Å². The first-order valence-corrected chi connectivity index (χ1v) is 4.92. The Morgan fingerprint density at radius 2 is 2.21 bits per heavy atom. The molecule has 0 amide bonds. The minimum atomic E-state index is -0.693. The van der Waals surface area contributed by atoms with Crippen LogP contribution < -0.4 is 0 Å². The van der Waals surface area contributed by atoms with Crippen LogP contribution in [0.15, 0.2) is 18.2 Å². The van der Waals surface area contributed by atoms with E-state index in [0.29, 0.717) is 0 Å². The summed E-state index contributed by atoms with van der Waals surface area (Å²) in [4.78, 5) is 11.1. The van der Waals surface area contributed by atoms with Crippen molar-refractivity contribution in [2.45, 2.75) is 26.2 Å². The number of aryl methyl sites for hydroxylation is 1. The van der Waals surface area contributed by atoms with E-state index >= 15 is 0 Å². The summed E-state index contributed by atoms with van der Waals surface area (Å²) in [7, 11) is 0. The maximum Gasteiger partial charge on any atom is 0.311 e. The molecule has 0 saturated carbocycles. The monoisotopic (exact) mass is 190 g/mol. The normalized spacial score (nSPS) is 24.7. The van der Waals surface area contributed by atoms with Gasteiger partial charge in [0.05, 0.1) is 5.92 Å². The van der Waals surface area contributed by atoms with E-state index in [9.17, 15) is 4.79 Å². The van der Waals surface area contributed by atoms with Gasteiger partial charge in [-0.2, -0.15) is 0 Å². The highest BCUT2D eigenvalue weighted by Gasteiger charge is 2.34. The molecule has 0 aliphatic heterocycles. The lowest BCUT2D eigenvalue weighted by molar-refractivity contribution is -0.139. The van der Waals surface area contributed by atoms with Crippen LogP contribution in [0.25, 0.3) is 0 Å². The molecule has 0 saturated heterocycles. The van der Waals surface area contributed by atoms with Gasteiger partial charge in [-0.3, -0.25) is 4.79 Å². The average Bonchev–Trinajstić information content (AvgIpc) is 2.40. The molecular weight excluding hydrogens is 176 g/mol. The number of hydrogen-bond acceptors (Lipinski definition) is 1. The van der Waals surface area contributed by atoms with Crippen molar-refractivity contribution in [2.75, 3.05) is 0 Å². The summed E-state index contributed by atoms with van der Waals surface area (Å²) >= 11 is 0. The molecule has 2 atom stereocenters. The second-order valence-electron chi connectivity index (χ2n) is 4.20. The Labute approximate surface area is 83.6 Å². The number of benzene rings is 1. The number of carboxylic acids is 1. The number of carbonyl (C=O) groups is 1. The quantitative estimate of drug-likeness (QED) is 0.738. The lowest BCUT2D eigenvalue weighted by Crippen LogP contribution is -2.14. The van der Waals surface area contributed by atoms with Gasteiger partial charge in [-0.25, -0.2) is 0 Å². The first-order valence-electron chi connectivity index (χ1n) is 4.92. The summed E-state index contributed by atoms with van der Waals surface area (Å²) in [6, 6.07) is 6.12. The molecule has 0 heterocycles. The van der Waals surface area contributed by atoms with Gasteiger partial charge < -0.3 is 5.11 Å². The molecule has 1 N–H and O–H groups in total. The van der Waals surface area contributed by atoms with Crippen molar-refractivity contribution in [2.24, 2.45) is 5.92 Å². The van der Waals surface area contributed by atoms with E-state index in [-0.39, 0.29) is 11.8 Å². The number of aliphatic carboxylic acids is 1. The SMILES string of the molecule is Cc1ccc2c(c1)C(C(=O)O)C(C)C2. The molecule has 0 fully saturated rings. The summed E-state index contributed by atoms with van der Waals surface area (Å²) < 4.78 is 0. The Balaban J connectivity index is 2.49. The first-order chi connectivity index (χ1) is 6.59. The molecule has 2 rings (SSSR count). The Morgan fingerprint density at radius 3 is 2.86 bits per heavy atom. The minimum Gasteiger partial charge on any atom is -0.481 e. The molecule has 1 aliphatic rings. The molecule has 1 aromatic rings. The molecule has 1 aromatic carbocycles. The highest BCUT2D eigenvalue weighted by atomic mass is 16.4. The van der Waals surface area contributed by atoms with Crippen molar-refractivity contribution in [1.29, 1.82) is 0 Å². The Morgan fingerprint density at radius 1 is 1.50 bits per heavy atom. The van der Waals surface area contributed by atoms with Gasteiger partial charge in [-0.15, -0.1) is 0 Å². The van der Waals surface area contributed by atoms with Crippen molar-refractivity contribution in [1.82, 2.24) is 0 Å². The molecule has 74 valence electrons. The maximum atomic E-state index is 11.1. The zero-order valence-corrected chi connectivity index (χ0v) is 8.45. The fourth-order valence-corrected chi connectivity index (χ4v) is 2.34. The molecule has 2 heteroatoms. The molecule has 0 spiro atoms. The topological polar surface area (TPSA) is 37.3 Å². The van der Waals surface area contributed by atoms with E-state index < -0.39 is 5.97 Å². The lowest BCUT2D eigenvalue weighted by atomic mass is 9.94. The maximum absolute atomic E-state index is 11.1. The van der Waals surface area contributed by atoms with Gasteiger partial charge in [0.2, 0.25) is 0 Å². The van der Waals surface area contributed by atoms with Gasteiger partial charge in [0.25, 0.3) is 0 Å². The largest absolute Gasteiger partial charge is 0.481 e. The average molecular weight is 190 g/mol. The van der Waals surface area contributed by atoms with Crippen LogP contribution in [0, 0.1) is 12.8 Å². The van der Waals surface area contributed by atoms with E-state index in [1.807, 2.05) is 19.9 Å². The van der Waals surface area contributed by atoms with Gasteiger partial charge in [-0.1, -0.05) is 30.7 Å². The molecule has 14 heavy (non-hydrogen) atoms. The van der Waals surface area contributed by atoms with Crippen molar-refractivity contribution in [3.05, 3.63) is 34.9 Å².